The maximum absolute atomic E-state index is 12.9. The smallest absolute Gasteiger partial charge is 0.340 e. The highest BCUT2D eigenvalue weighted by atomic mass is 16.5. The zero-order valence-corrected chi connectivity index (χ0v) is 19.5. The van der Waals surface area contributed by atoms with Gasteiger partial charge < -0.3 is 18.8 Å². The van der Waals surface area contributed by atoms with Crippen molar-refractivity contribution in [1.82, 2.24) is 4.57 Å². The fourth-order valence-corrected chi connectivity index (χ4v) is 4.00. The van der Waals surface area contributed by atoms with Crippen molar-refractivity contribution in [3.63, 3.8) is 0 Å². The average molecular weight is 458 g/mol. The summed E-state index contributed by atoms with van der Waals surface area (Å²) in [6.07, 6.45) is 0. The molecule has 0 N–H and O–H groups in total. The molecule has 6 heteroatoms. The second-order valence-electron chi connectivity index (χ2n) is 7.70. The van der Waals surface area contributed by atoms with Crippen LogP contribution in [-0.2, 0) is 4.74 Å². The SMILES string of the molecule is CCOC(=O)c1c(C)n(-c2ccc(OCC)cc2)c2ccc(OCC(=O)c3ccccc3)cc12. The van der Waals surface area contributed by atoms with Gasteiger partial charge in [-0.25, -0.2) is 4.79 Å². The van der Waals surface area contributed by atoms with E-state index in [0.717, 1.165) is 22.6 Å². The number of Topliss-reactive ketones (excluding diaryl/α,β-unsaturated/α-hetero) is 1. The van der Waals surface area contributed by atoms with Crippen LogP contribution in [0.25, 0.3) is 16.6 Å². The maximum atomic E-state index is 12.9. The Balaban J connectivity index is 1.72. The van der Waals surface area contributed by atoms with Gasteiger partial charge in [-0.1, -0.05) is 30.3 Å². The molecule has 3 aromatic carbocycles. The Labute approximate surface area is 198 Å². The van der Waals surface area contributed by atoms with E-state index in [-0.39, 0.29) is 19.0 Å². The molecule has 4 aromatic rings. The predicted molar refractivity (Wildman–Crippen MR) is 131 cm³/mol. The van der Waals surface area contributed by atoms with Crippen molar-refractivity contribution in [3.05, 3.63) is 89.6 Å². The summed E-state index contributed by atoms with van der Waals surface area (Å²) in [6.45, 7) is 6.38. The number of benzene rings is 3. The lowest BCUT2D eigenvalue weighted by molar-refractivity contribution is 0.0527. The van der Waals surface area contributed by atoms with Crippen molar-refractivity contribution in [2.75, 3.05) is 19.8 Å². The number of nitrogens with zero attached hydrogens (tertiary/aromatic N) is 1. The third-order valence-electron chi connectivity index (χ3n) is 5.53. The van der Waals surface area contributed by atoms with Gasteiger partial charge in [-0.05, 0) is 63.2 Å². The van der Waals surface area contributed by atoms with Crippen molar-refractivity contribution < 1.29 is 23.8 Å². The van der Waals surface area contributed by atoms with E-state index in [1.807, 2.05) is 66.9 Å². The molecular weight excluding hydrogens is 430 g/mol. The van der Waals surface area contributed by atoms with Crippen LogP contribution < -0.4 is 9.47 Å². The quantitative estimate of drug-likeness (QED) is 0.236. The number of ether oxygens (including phenoxy) is 3. The summed E-state index contributed by atoms with van der Waals surface area (Å²) in [4.78, 5) is 25.3. The fraction of sp³-hybridized carbons (Fsp3) is 0.214. The van der Waals surface area contributed by atoms with Gasteiger partial charge in [0.05, 0.1) is 24.3 Å². The minimum Gasteiger partial charge on any atom is -0.494 e. The van der Waals surface area contributed by atoms with Crippen molar-refractivity contribution in [2.45, 2.75) is 20.8 Å². The summed E-state index contributed by atoms with van der Waals surface area (Å²) < 4.78 is 18.7. The van der Waals surface area contributed by atoms with E-state index < -0.39 is 5.97 Å². The maximum Gasteiger partial charge on any atom is 0.340 e. The second-order valence-corrected chi connectivity index (χ2v) is 7.70. The third-order valence-corrected chi connectivity index (χ3v) is 5.53. The van der Waals surface area contributed by atoms with Gasteiger partial charge in [-0.15, -0.1) is 0 Å². The Morgan fingerprint density at radius 1 is 0.824 bits per heavy atom. The molecule has 174 valence electrons. The molecular formula is C28H27NO5. The Bertz CT molecular complexity index is 1310. The highest BCUT2D eigenvalue weighted by Gasteiger charge is 2.22. The minimum atomic E-state index is -0.396. The molecule has 0 spiro atoms. The third kappa shape index (κ3) is 4.66. The van der Waals surface area contributed by atoms with E-state index in [4.69, 9.17) is 14.2 Å². The van der Waals surface area contributed by atoms with Crippen LogP contribution in [-0.4, -0.2) is 36.1 Å². The number of fused-ring (bicyclic) bond motifs is 1. The normalized spacial score (nSPS) is 10.8. The van der Waals surface area contributed by atoms with Crippen LogP contribution in [0.15, 0.2) is 72.8 Å². The number of ketones is 1. The Kier molecular flexibility index (Phi) is 6.97. The monoisotopic (exact) mass is 457 g/mol. The van der Waals surface area contributed by atoms with Gasteiger partial charge in [0.25, 0.3) is 0 Å². The number of esters is 1. The molecule has 0 saturated heterocycles. The Morgan fingerprint density at radius 2 is 1.53 bits per heavy atom. The summed E-state index contributed by atoms with van der Waals surface area (Å²) in [5.74, 6) is 0.776. The number of carbonyl (C=O) groups is 2. The molecule has 34 heavy (non-hydrogen) atoms. The molecule has 0 amide bonds. The minimum absolute atomic E-state index is 0.0944. The van der Waals surface area contributed by atoms with Crippen molar-refractivity contribution in [1.29, 1.82) is 0 Å². The fourth-order valence-electron chi connectivity index (χ4n) is 4.00. The molecule has 0 aliphatic heterocycles. The van der Waals surface area contributed by atoms with Gasteiger partial charge in [0, 0.05) is 22.3 Å². The molecule has 0 unspecified atom stereocenters. The lowest BCUT2D eigenvalue weighted by Gasteiger charge is -2.11. The topological polar surface area (TPSA) is 66.8 Å². The molecule has 1 heterocycles. The van der Waals surface area contributed by atoms with Gasteiger partial charge >= 0.3 is 5.97 Å². The van der Waals surface area contributed by atoms with Gasteiger partial charge in [0.2, 0.25) is 0 Å². The first-order valence-corrected chi connectivity index (χ1v) is 11.3. The average Bonchev–Trinajstić information content (AvgIpc) is 3.15. The first-order chi connectivity index (χ1) is 16.5. The van der Waals surface area contributed by atoms with Crippen LogP contribution in [0, 0.1) is 6.92 Å². The molecule has 0 bridgehead atoms. The second kappa shape index (κ2) is 10.3. The van der Waals surface area contributed by atoms with Crippen molar-refractivity contribution in [2.24, 2.45) is 0 Å². The van der Waals surface area contributed by atoms with E-state index in [0.29, 0.717) is 28.9 Å². The van der Waals surface area contributed by atoms with E-state index >= 15 is 0 Å². The summed E-state index contributed by atoms with van der Waals surface area (Å²) in [6, 6.07) is 22.2. The van der Waals surface area contributed by atoms with E-state index in [1.54, 1.807) is 31.2 Å². The molecule has 0 fully saturated rings. The van der Waals surface area contributed by atoms with E-state index in [1.165, 1.54) is 0 Å². The summed E-state index contributed by atoms with van der Waals surface area (Å²) in [5.41, 5.74) is 3.56. The Morgan fingerprint density at radius 3 is 2.21 bits per heavy atom. The van der Waals surface area contributed by atoms with Crippen LogP contribution in [0.3, 0.4) is 0 Å². The first kappa shape index (κ1) is 23.1. The molecule has 1 aromatic heterocycles. The van der Waals surface area contributed by atoms with E-state index in [2.05, 4.69) is 0 Å². The van der Waals surface area contributed by atoms with Crippen LogP contribution >= 0.6 is 0 Å². The summed E-state index contributed by atoms with van der Waals surface area (Å²) >= 11 is 0. The molecule has 0 radical (unpaired) electrons. The molecule has 6 nitrogen and oxygen atoms in total. The largest absolute Gasteiger partial charge is 0.494 e. The standard InChI is InChI=1S/C28H27NO5/c1-4-32-22-13-11-21(12-14-22)29-19(3)27(28(31)33-5-2)24-17-23(15-16-25(24)29)34-18-26(30)20-9-7-6-8-10-20/h6-17H,4-5,18H2,1-3H3. The van der Waals surface area contributed by atoms with Gasteiger partial charge in [-0.3, -0.25) is 4.79 Å². The molecule has 0 aliphatic rings. The molecule has 0 atom stereocenters. The van der Waals surface area contributed by atoms with Gasteiger partial charge in [0.1, 0.15) is 11.5 Å². The van der Waals surface area contributed by atoms with Crippen molar-refractivity contribution in [3.8, 4) is 17.2 Å². The number of hydrogen-bond donors (Lipinski definition) is 0. The summed E-state index contributed by atoms with van der Waals surface area (Å²) in [5, 5.41) is 0.703. The number of hydrogen-bond acceptors (Lipinski definition) is 5. The molecule has 4 rings (SSSR count). The zero-order chi connectivity index (χ0) is 24.1. The van der Waals surface area contributed by atoms with Crippen LogP contribution in [0.4, 0.5) is 0 Å². The number of rotatable bonds is 9. The van der Waals surface area contributed by atoms with Crippen LogP contribution in [0.5, 0.6) is 11.5 Å². The molecule has 0 aliphatic carbocycles. The zero-order valence-electron chi connectivity index (χ0n) is 19.5. The number of carbonyl (C=O) groups excluding carboxylic acids is 2. The van der Waals surface area contributed by atoms with Gasteiger partial charge in [0.15, 0.2) is 12.4 Å². The van der Waals surface area contributed by atoms with Crippen LogP contribution in [0.1, 0.15) is 40.3 Å². The van der Waals surface area contributed by atoms with E-state index in [9.17, 15) is 9.59 Å². The lowest BCUT2D eigenvalue weighted by Crippen LogP contribution is -2.11. The Hall–Kier alpha value is -4.06. The van der Waals surface area contributed by atoms with Crippen LogP contribution in [0.2, 0.25) is 0 Å². The lowest BCUT2D eigenvalue weighted by atomic mass is 10.1. The van der Waals surface area contributed by atoms with Crippen molar-refractivity contribution >= 4 is 22.7 Å². The summed E-state index contributed by atoms with van der Waals surface area (Å²) in [7, 11) is 0. The number of aromatic nitrogens is 1. The highest BCUT2D eigenvalue weighted by molar-refractivity contribution is 6.07. The first-order valence-electron chi connectivity index (χ1n) is 11.3. The highest BCUT2D eigenvalue weighted by Crippen LogP contribution is 2.33. The predicted octanol–water partition coefficient (Wildman–Crippen LogP) is 5.78. The van der Waals surface area contributed by atoms with Gasteiger partial charge in [-0.2, -0.15) is 0 Å². The molecule has 0 saturated carbocycles.